The Morgan fingerprint density at radius 1 is 0.871 bits per heavy atom. The number of amides is 1. The lowest BCUT2D eigenvalue weighted by Crippen LogP contribution is -2.40. The summed E-state index contributed by atoms with van der Waals surface area (Å²) < 4.78 is 0. The van der Waals surface area contributed by atoms with Gasteiger partial charge < -0.3 is 5.32 Å². The van der Waals surface area contributed by atoms with Crippen LogP contribution in [0.4, 0.5) is 5.69 Å². The highest BCUT2D eigenvalue weighted by Gasteiger charge is 2.41. The Labute approximate surface area is 183 Å². The molecule has 0 saturated carbocycles. The average Bonchev–Trinajstić information content (AvgIpc) is 3.07. The van der Waals surface area contributed by atoms with E-state index in [1.807, 2.05) is 54.6 Å². The lowest BCUT2D eigenvalue weighted by atomic mass is 9.75. The zero-order chi connectivity index (χ0) is 22.2. The molecule has 3 rings (SSSR count). The van der Waals surface area contributed by atoms with Crippen molar-refractivity contribution in [3.05, 3.63) is 102 Å². The van der Waals surface area contributed by atoms with E-state index in [9.17, 15) is 14.4 Å². The molecule has 2 aromatic rings. The van der Waals surface area contributed by atoms with Crippen LogP contribution in [0.15, 0.2) is 96.6 Å². The highest BCUT2D eigenvalue weighted by molar-refractivity contribution is 6.15. The molecule has 0 fully saturated rings. The predicted molar refractivity (Wildman–Crippen MR) is 124 cm³/mol. The van der Waals surface area contributed by atoms with Gasteiger partial charge in [0.2, 0.25) is 5.91 Å². The van der Waals surface area contributed by atoms with Crippen LogP contribution in [0, 0.1) is 11.8 Å². The molecule has 1 aliphatic carbocycles. The fourth-order valence-electron chi connectivity index (χ4n) is 3.62. The molecule has 1 aliphatic rings. The maximum Gasteiger partial charge on any atom is 0.236 e. The minimum absolute atomic E-state index is 0.240. The Hall–Kier alpha value is -3.53. The number of hydrogen-bond donors (Lipinski definition) is 1. The second-order valence-corrected chi connectivity index (χ2v) is 7.83. The predicted octanol–water partition coefficient (Wildman–Crippen LogP) is 5.26. The normalized spacial score (nSPS) is 15.0. The van der Waals surface area contributed by atoms with Crippen molar-refractivity contribution in [1.29, 1.82) is 0 Å². The van der Waals surface area contributed by atoms with Gasteiger partial charge >= 0.3 is 0 Å². The van der Waals surface area contributed by atoms with E-state index in [2.05, 4.69) is 5.32 Å². The molecule has 0 bridgehead atoms. The van der Waals surface area contributed by atoms with Crippen molar-refractivity contribution in [2.45, 2.75) is 26.2 Å². The highest BCUT2D eigenvalue weighted by Crippen LogP contribution is 2.33. The van der Waals surface area contributed by atoms with Crippen molar-refractivity contribution in [3.8, 4) is 0 Å². The quantitative estimate of drug-likeness (QED) is 0.600. The molecule has 2 atom stereocenters. The van der Waals surface area contributed by atoms with Crippen molar-refractivity contribution >= 4 is 23.2 Å². The first kappa shape index (κ1) is 22.2. The second-order valence-electron chi connectivity index (χ2n) is 7.83. The third-order valence-electron chi connectivity index (χ3n) is 5.24. The van der Waals surface area contributed by atoms with E-state index in [1.54, 1.807) is 50.3 Å². The Morgan fingerprint density at radius 2 is 1.52 bits per heavy atom. The molecule has 2 unspecified atom stereocenters. The van der Waals surface area contributed by atoms with Crippen LogP contribution >= 0.6 is 0 Å². The third-order valence-corrected chi connectivity index (χ3v) is 5.24. The molecule has 1 amide bonds. The van der Waals surface area contributed by atoms with Gasteiger partial charge in [0.25, 0.3) is 0 Å². The summed E-state index contributed by atoms with van der Waals surface area (Å²) in [6.45, 7) is 3.51. The Kier molecular flexibility index (Phi) is 7.50. The van der Waals surface area contributed by atoms with Crippen molar-refractivity contribution < 1.29 is 14.4 Å². The summed E-state index contributed by atoms with van der Waals surface area (Å²) >= 11 is 0. The number of para-hydroxylation sites is 1. The highest BCUT2D eigenvalue weighted by atomic mass is 16.2. The van der Waals surface area contributed by atoms with Crippen LogP contribution in [0.5, 0.6) is 0 Å². The zero-order valence-corrected chi connectivity index (χ0v) is 17.8. The van der Waals surface area contributed by atoms with Crippen LogP contribution in [-0.4, -0.2) is 17.5 Å². The van der Waals surface area contributed by atoms with Crippen molar-refractivity contribution in [3.63, 3.8) is 0 Å². The first-order chi connectivity index (χ1) is 15.0. The third kappa shape index (κ3) is 5.54. The van der Waals surface area contributed by atoms with Crippen molar-refractivity contribution in [2.75, 3.05) is 5.32 Å². The van der Waals surface area contributed by atoms with Crippen LogP contribution in [-0.2, 0) is 14.4 Å². The molecule has 0 heterocycles. The summed E-state index contributed by atoms with van der Waals surface area (Å²) in [4.78, 5) is 40.4. The lowest BCUT2D eigenvalue weighted by Gasteiger charge is -2.26. The number of Topliss-reactive ketones (excluding diaryl/α,β-unsaturated/α-hetero) is 2. The van der Waals surface area contributed by atoms with Crippen LogP contribution in [0.3, 0.4) is 0 Å². The summed E-state index contributed by atoms with van der Waals surface area (Å²) in [5.74, 6) is -3.43. The minimum Gasteiger partial charge on any atom is -0.325 e. The SMILES string of the molecule is CC(C)C(=O)C(C(=O)Nc1ccccc1)C(C(=O)C1=CC=CCC=C1)c1ccccc1. The molecule has 2 aromatic carbocycles. The lowest BCUT2D eigenvalue weighted by molar-refractivity contribution is -0.137. The van der Waals surface area contributed by atoms with E-state index in [4.69, 9.17) is 0 Å². The van der Waals surface area contributed by atoms with Gasteiger partial charge in [0.15, 0.2) is 5.78 Å². The number of allylic oxidation sites excluding steroid dienone is 6. The number of rotatable bonds is 8. The number of carbonyl (C=O) groups excluding carboxylic acids is 3. The number of anilines is 1. The summed E-state index contributed by atoms with van der Waals surface area (Å²) in [5, 5.41) is 2.83. The van der Waals surface area contributed by atoms with Gasteiger partial charge in [0.05, 0.1) is 5.92 Å². The number of carbonyl (C=O) groups is 3. The van der Waals surface area contributed by atoms with Crippen LogP contribution in [0.2, 0.25) is 0 Å². The molecule has 4 nitrogen and oxygen atoms in total. The number of benzene rings is 2. The molecule has 158 valence electrons. The van der Waals surface area contributed by atoms with Crippen LogP contribution < -0.4 is 5.32 Å². The average molecular weight is 414 g/mol. The van der Waals surface area contributed by atoms with E-state index in [0.29, 0.717) is 16.8 Å². The molecule has 0 radical (unpaired) electrons. The number of ketones is 2. The molecule has 0 aliphatic heterocycles. The van der Waals surface area contributed by atoms with E-state index < -0.39 is 23.7 Å². The summed E-state index contributed by atoms with van der Waals surface area (Å²) in [7, 11) is 0. The molecule has 0 aromatic heterocycles. The summed E-state index contributed by atoms with van der Waals surface area (Å²) in [6, 6.07) is 18.1. The molecular formula is C27H27NO3. The van der Waals surface area contributed by atoms with Gasteiger partial charge in [-0.1, -0.05) is 92.8 Å². The van der Waals surface area contributed by atoms with Gasteiger partial charge in [-0.25, -0.2) is 0 Å². The van der Waals surface area contributed by atoms with Gasteiger partial charge in [-0.15, -0.1) is 0 Å². The van der Waals surface area contributed by atoms with Crippen LogP contribution in [0.1, 0.15) is 31.7 Å². The molecular weight excluding hydrogens is 386 g/mol. The van der Waals surface area contributed by atoms with Gasteiger partial charge in [-0.3, -0.25) is 14.4 Å². The fraction of sp³-hybridized carbons (Fsp3) is 0.222. The molecule has 0 spiro atoms. The zero-order valence-electron chi connectivity index (χ0n) is 17.8. The topological polar surface area (TPSA) is 63.2 Å². The van der Waals surface area contributed by atoms with Gasteiger partial charge in [-0.05, 0) is 24.1 Å². The van der Waals surface area contributed by atoms with E-state index in [0.717, 1.165) is 6.42 Å². The Balaban J connectivity index is 2.07. The van der Waals surface area contributed by atoms with Crippen molar-refractivity contribution in [2.24, 2.45) is 11.8 Å². The number of hydrogen-bond acceptors (Lipinski definition) is 3. The van der Waals surface area contributed by atoms with Gasteiger partial charge in [0, 0.05) is 17.2 Å². The standard InChI is InChI=1S/C27H27NO3/c1-19(2)25(29)24(27(31)28-22-17-11-6-12-18-22)23(20-13-9-5-10-14-20)26(30)21-15-7-3-4-8-16-21/h3,5-19,23-24H,4H2,1-2H3,(H,28,31). The minimum atomic E-state index is -1.14. The monoisotopic (exact) mass is 413 g/mol. The van der Waals surface area contributed by atoms with E-state index >= 15 is 0 Å². The molecule has 1 N–H and O–H groups in total. The van der Waals surface area contributed by atoms with Crippen molar-refractivity contribution in [1.82, 2.24) is 0 Å². The molecule has 31 heavy (non-hydrogen) atoms. The Bertz CT molecular complexity index is 1020. The Morgan fingerprint density at radius 3 is 2.16 bits per heavy atom. The van der Waals surface area contributed by atoms with E-state index in [-0.39, 0.29) is 11.6 Å². The first-order valence-corrected chi connectivity index (χ1v) is 10.5. The largest absolute Gasteiger partial charge is 0.325 e. The van der Waals surface area contributed by atoms with Gasteiger partial charge in [0.1, 0.15) is 11.7 Å². The number of nitrogens with one attached hydrogen (secondary N) is 1. The summed E-state index contributed by atoms with van der Waals surface area (Å²) in [6.07, 6.45) is 9.93. The van der Waals surface area contributed by atoms with Gasteiger partial charge in [-0.2, -0.15) is 0 Å². The smallest absolute Gasteiger partial charge is 0.236 e. The molecule has 4 heteroatoms. The van der Waals surface area contributed by atoms with E-state index in [1.165, 1.54) is 0 Å². The fourth-order valence-corrected chi connectivity index (χ4v) is 3.62. The maximum absolute atomic E-state index is 13.7. The first-order valence-electron chi connectivity index (χ1n) is 10.5. The second kappa shape index (κ2) is 10.5. The van der Waals surface area contributed by atoms with Crippen LogP contribution in [0.25, 0.3) is 0 Å². The summed E-state index contributed by atoms with van der Waals surface area (Å²) in [5.41, 5.74) is 1.72. The maximum atomic E-state index is 13.7. The molecule has 0 saturated heterocycles.